The van der Waals surface area contributed by atoms with Gasteiger partial charge in [0.25, 0.3) is 0 Å². The maximum atomic E-state index is 10.9. The van der Waals surface area contributed by atoms with Crippen LogP contribution in [0.25, 0.3) is 0 Å². The Balaban J connectivity index is 2.22. The molecular weight excluding hydrogens is 258 g/mol. The second kappa shape index (κ2) is 6.99. The van der Waals surface area contributed by atoms with E-state index in [0.29, 0.717) is 18.8 Å². The molecule has 1 aromatic carbocycles. The van der Waals surface area contributed by atoms with Crippen LogP contribution in [0.4, 0.5) is 0 Å². The highest BCUT2D eigenvalue weighted by Crippen LogP contribution is 2.06. The van der Waals surface area contributed by atoms with Crippen molar-refractivity contribution in [2.75, 3.05) is 18.6 Å². The summed E-state index contributed by atoms with van der Waals surface area (Å²) in [7, 11) is -2.83. The van der Waals surface area contributed by atoms with Crippen LogP contribution in [0.5, 0.6) is 0 Å². The fraction of sp³-hybridized carbons (Fsp3) is 0.500. The molecule has 5 heteroatoms. The minimum absolute atomic E-state index is 0.241. The van der Waals surface area contributed by atoms with Crippen LogP contribution in [0, 0.1) is 0 Å². The average Bonchev–Trinajstić information content (AvgIpc) is 2.28. The van der Waals surface area contributed by atoms with Gasteiger partial charge < -0.3 is 5.32 Å². The summed E-state index contributed by atoms with van der Waals surface area (Å²) in [5.74, 6) is 0.771. The fourth-order valence-electron chi connectivity index (χ4n) is 1.44. The van der Waals surface area contributed by atoms with E-state index in [1.165, 1.54) is 11.8 Å². The minimum Gasteiger partial charge on any atom is -0.313 e. The molecule has 0 aromatic heterocycles. The second-order valence-corrected chi connectivity index (χ2v) is 6.64. The Bertz CT molecular complexity index is 428. The molecule has 17 heavy (non-hydrogen) atoms. The van der Waals surface area contributed by atoms with E-state index in [0.717, 1.165) is 12.1 Å². The van der Waals surface area contributed by atoms with E-state index in [4.69, 9.17) is 11.6 Å². The first kappa shape index (κ1) is 14.5. The van der Waals surface area contributed by atoms with Crippen molar-refractivity contribution in [2.45, 2.75) is 18.8 Å². The molecule has 0 radical (unpaired) electrons. The number of alkyl halides is 1. The highest BCUT2D eigenvalue weighted by Gasteiger charge is 2.00. The molecule has 1 aromatic rings. The van der Waals surface area contributed by atoms with Crippen molar-refractivity contribution < 1.29 is 8.42 Å². The largest absolute Gasteiger partial charge is 0.313 e. The molecule has 0 amide bonds. The standard InChI is InChI=1S/C12H18ClNO2S/c1-17(15,16)8-2-7-14-10-12-5-3-11(9-13)4-6-12/h3-6,14H,2,7-10H2,1H3. The summed E-state index contributed by atoms with van der Waals surface area (Å²) in [6.45, 7) is 1.47. The maximum absolute atomic E-state index is 10.9. The van der Waals surface area contributed by atoms with Crippen molar-refractivity contribution in [1.82, 2.24) is 5.32 Å². The number of nitrogens with one attached hydrogen (secondary N) is 1. The molecular formula is C12H18ClNO2S. The van der Waals surface area contributed by atoms with Gasteiger partial charge in [-0.3, -0.25) is 0 Å². The summed E-state index contributed by atoms with van der Waals surface area (Å²) in [5, 5.41) is 3.21. The summed E-state index contributed by atoms with van der Waals surface area (Å²) < 4.78 is 21.8. The molecule has 0 bridgehead atoms. The van der Waals surface area contributed by atoms with E-state index in [2.05, 4.69) is 5.32 Å². The SMILES string of the molecule is CS(=O)(=O)CCCNCc1ccc(CCl)cc1. The lowest BCUT2D eigenvalue weighted by molar-refractivity contribution is 0.594. The minimum atomic E-state index is -2.83. The Morgan fingerprint density at radius 2 is 1.76 bits per heavy atom. The third-order valence-corrected chi connectivity index (χ3v) is 3.71. The van der Waals surface area contributed by atoms with Crippen LogP contribution in [0.15, 0.2) is 24.3 Å². The van der Waals surface area contributed by atoms with Crippen LogP contribution in [-0.4, -0.2) is 27.0 Å². The van der Waals surface area contributed by atoms with Gasteiger partial charge in [-0.15, -0.1) is 11.6 Å². The number of benzene rings is 1. The van der Waals surface area contributed by atoms with E-state index < -0.39 is 9.84 Å². The number of halogens is 1. The van der Waals surface area contributed by atoms with Crippen molar-refractivity contribution in [2.24, 2.45) is 0 Å². The van der Waals surface area contributed by atoms with Crippen LogP contribution < -0.4 is 5.32 Å². The number of rotatable bonds is 7. The Hall–Kier alpha value is -0.580. The summed E-state index contributed by atoms with van der Waals surface area (Å²) in [4.78, 5) is 0. The third-order valence-electron chi connectivity index (χ3n) is 2.38. The number of hydrogen-bond donors (Lipinski definition) is 1. The lowest BCUT2D eigenvalue weighted by Crippen LogP contribution is -2.17. The summed E-state index contributed by atoms with van der Waals surface area (Å²) in [6.07, 6.45) is 1.91. The van der Waals surface area contributed by atoms with E-state index in [1.807, 2.05) is 24.3 Å². The molecule has 1 rings (SSSR count). The topological polar surface area (TPSA) is 46.2 Å². The van der Waals surface area contributed by atoms with Gasteiger partial charge in [0.2, 0.25) is 0 Å². The highest BCUT2D eigenvalue weighted by atomic mass is 35.5. The molecule has 0 atom stereocenters. The summed E-state index contributed by atoms with van der Waals surface area (Å²) in [6, 6.07) is 8.06. The summed E-state index contributed by atoms with van der Waals surface area (Å²) >= 11 is 5.70. The van der Waals surface area contributed by atoms with Crippen molar-refractivity contribution in [1.29, 1.82) is 0 Å². The molecule has 0 fully saturated rings. The smallest absolute Gasteiger partial charge is 0.147 e. The molecule has 0 spiro atoms. The highest BCUT2D eigenvalue weighted by molar-refractivity contribution is 7.90. The normalized spacial score (nSPS) is 11.6. The predicted molar refractivity (Wildman–Crippen MR) is 72.0 cm³/mol. The predicted octanol–water partition coefficient (Wildman–Crippen LogP) is 1.95. The van der Waals surface area contributed by atoms with Crippen molar-refractivity contribution in [3.05, 3.63) is 35.4 Å². The van der Waals surface area contributed by atoms with Gasteiger partial charge in [0.1, 0.15) is 9.84 Å². The van der Waals surface area contributed by atoms with Gasteiger partial charge in [0.15, 0.2) is 0 Å². The Morgan fingerprint density at radius 1 is 1.18 bits per heavy atom. The molecule has 0 aliphatic heterocycles. The zero-order valence-electron chi connectivity index (χ0n) is 9.95. The van der Waals surface area contributed by atoms with Gasteiger partial charge in [-0.1, -0.05) is 24.3 Å². The Morgan fingerprint density at radius 3 is 2.29 bits per heavy atom. The molecule has 0 unspecified atom stereocenters. The molecule has 0 saturated carbocycles. The molecule has 0 saturated heterocycles. The first-order valence-electron chi connectivity index (χ1n) is 5.53. The Labute approximate surface area is 108 Å². The van der Waals surface area contributed by atoms with Crippen LogP contribution in [0.2, 0.25) is 0 Å². The Kier molecular flexibility index (Phi) is 5.95. The molecule has 1 N–H and O–H groups in total. The quantitative estimate of drug-likeness (QED) is 0.611. The zero-order chi connectivity index (χ0) is 12.7. The van der Waals surface area contributed by atoms with Crippen LogP contribution in [-0.2, 0) is 22.3 Å². The van der Waals surface area contributed by atoms with Crippen LogP contribution in [0.3, 0.4) is 0 Å². The lowest BCUT2D eigenvalue weighted by Gasteiger charge is -2.05. The van der Waals surface area contributed by atoms with Gasteiger partial charge in [0, 0.05) is 18.7 Å². The van der Waals surface area contributed by atoms with Gasteiger partial charge in [-0.2, -0.15) is 0 Å². The number of sulfone groups is 1. The van der Waals surface area contributed by atoms with Crippen molar-refractivity contribution >= 4 is 21.4 Å². The first-order valence-corrected chi connectivity index (χ1v) is 8.13. The lowest BCUT2D eigenvalue weighted by atomic mass is 10.1. The van der Waals surface area contributed by atoms with E-state index in [9.17, 15) is 8.42 Å². The second-order valence-electron chi connectivity index (χ2n) is 4.11. The van der Waals surface area contributed by atoms with E-state index in [-0.39, 0.29) is 5.75 Å². The monoisotopic (exact) mass is 275 g/mol. The fourth-order valence-corrected chi connectivity index (χ4v) is 2.29. The van der Waals surface area contributed by atoms with Crippen LogP contribution in [0.1, 0.15) is 17.5 Å². The first-order chi connectivity index (χ1) is 8.01. The maximum Gasteiger partial charge on any atom is 0.147 e. The third kappa shape index (κ3) is 6.66. The molecule has 0 heterocycles. The van der Waals surface area contributed by atoms with Crippen molar-refractivity contribution in [3.63, 3.8) is 0 Å². The number of hydrogen-bond acceptors (Lipinski definition) is 3. The van der Waals surface area contributed by atoms with Gasteiger partial charge in [0.05, 0.1) is 5.75 Å². The van der Waals surface area contributed by atoms with E-state index >= 15 is 0 Å². The zero-order valence-corrected chi connectivity index (χ0v) is 11.5. The van der Waals surface area contributed by atoms with Gasteiger partial charge in [-0.25, -0.2) is 8.42 Å². The summed E-state index contributed by atoms with van der Waals surface area (Å²) in [5.41, 5.74) is 2.28. The van der Waals surface area contributed by atoms with E-state index in [1.54, 1.807) is 0 Å². The van der Waals surface area contributed by atoms with Gasteiger partial charge >= 0.3 is 0 Å². The van der Waals surface area contributed by atoms with Gasteiger partial charge in [-0.05, 0) is 24.1 Å². The van der Waals surface area contributed by atoms with Crippen LogP contribution >= 0.6 is 11.6 Å². The molecule has 96 valence electrons. The van der Waals surface area contributed by atoms with Crippen molar-refractivity contribution in [3.8, 4) is 0 Å². The molecule has 0 aliphatic carbocycles. The molecule has 0 aliphatic rings. The molecule has 3 nitrogen and oxygen atoms in total. The average molecular weight is 276 g/mol.